The number of fused-ring (bicyclic) bond motifs is 10. The summed E-state index contributed by atoms with van der Waals surface area (Å²) in [6.45, 7) is 0. The standard InChI is InChI=1S/C46H28N4S/c1-4-14-29(15-5-1)31-24-27-38-37(28-31)42(30-16-6-2-7-17-30)48-46(47-38)50-39-22-12-10-20-33(39)34-25-26-36-41-35-21-11-13-23-40(35)49(32-18-8-3-9-19-32)45(41)51-44(36)43(34)50/h1-28H. The first-order valence-corrected chi connectivity index (χ1v) is 18.0. The van der Waals surface area contributed by atoms with E-state index in [9.17, 15) is 0 Å². The van der Waals surface area contributed by atoms with E-state index in [4.69, 9.17) is 9.97 Å². The van der Waals surface area contributed by atoms with Gasteiger partial charge in [-0.05, 0) is 47.5 Å². The van der Waals surface area contributed by atoms with Gasteiger partial charge in [0.15, 0.2) is 0 Å². The number of hydrogen-bond acceptors (Lipinski definition) is 3. The lowest BCUT2D eigenvalue weighted by Gasteiger charge is -2.13. The van der Waals surface area contributed by atoms with E-state index in [1.807, 2.05) is 11.3 Å². The van der Waals surface area contributed by atoms with Gasteiger partial charge in [0.1, 0.15) is 4.83 Å². The van der Waals surface area contributed by atoms with E-state index in [2.05, 4.69) is 179 Å². The van der Waals surface area contributed by atoms with Gasteiger partial charge in [-0.15, -0.1) is 11.3 Å². The molecule has 0 fully saturated rings. The van der Waals surface area contributed by atoms with E-state index in [1.54, 1.807) is 0 Å². The van der Waals surface area contributed by atoms with Crippen molar-refractivity contribution >= 4 is 75.3 Å². The maximum absolute atomic E-state index is 5.46. The molecule has 0 atom stereocenters. The van der Waals surface area contributed by atoms with Crippen molar-refractivity contribution in [2.75, 3.05) is 0 Å². The fourth-order valence-electron chi connectivity index (χ4n) is 7.88. The van der Waals surface area contributed by atoms with Crippen LogP contribution in [0.4, 0.5) is 0 Å². The molecule has 0 spiro atoms. The molecular formula is C46H28N4S. The molecule has 0 bridgehead atoms. The molecule has 4 heterocycles. The number of hydrogen-bond donors (Lipinski definition) is 0. The Morgan fingerprint density at radius 1 is 0.431 bits per heavy atom. The Kier molecular flexibility index (Phi) is 6.09. The molecule has 4 aromatic heterocycles. The smallest absolute Gasteiger partial charge is 0.235 e. The molecule has 0 saturated carbocycles. The van der Waals surface area contributed by atoms with Crippen molar-refractivity contribution in [2.45, 2.75) is 0 Å². The average molecular weight is 669 g/mol. The first kappa shape index (κ1) is 28.3. The summed E-state index contributed by atoms with van der Waals surface area (Å²) < 4.78 is 5.95. The van der Waals surface area contributed by atoms with Gasteiger partial charge in [-0.2, -0.15) is 0 Å². The van der Waals surface area contributed by atoms with Crippen molar-refractivity contribution in [3.8, 4) is 34.0 Å². The lowest BCUT2D eigenvalue weighted by molar-refractivity contribution is 1.02. The van der Waals surface area contributed by atoms with E-state index >= 15 is 0 Å². The van der Waals surface area contributed by atoms with Gasteiger partial charge >= 0.3 is 0 Å². The fourth-order valence-corrected chi connectivity index (χ4v) is 9.27. The monoisotopic (exact) mass is 668 g/mol. The molecule has 0 unspecified atom stereocenters. The molecule has 11 aromatic rings. The highest BCUT2D eigenvalue weighted by atomic mass is 32.1. The summed E-state index contributed by atoms with van der Waals surface area (Å²) in [6, 6.07) is 60.3. The zero-order valence-corrected chi connectivity index (χ0v) is 28.2. The van der Waals surface area contributed by atoms with Gasteiger partial charge < -0.3 is 4.57 Å². The SMILES string of the molecule is c1ccc(-c2ccc3nc(-n4c5ccccc5c5ccc6c(sc7c6c6ccccc6n7-c6ccccc6)c54)nc(-c4ccccc4)c3c2)cc1. The van der Waals surface area contributed by atoms with Crippen molar-refractivity contribution in [2.24, 2.45) is 0 Å². The minimum Gasteiger partial charge on any atom is -0.301 e. The van der Waals surface area contributed by atoms with Crippen LogP contribution in [0.15, 0.2) is 170 Å². The summed E-state index contributed by atoms with van der Waals surface area (Å²) >= 11 is 1.85. The Labute approximate surface area is 297 Å². The minimum absolute atomic E-state index is 0.668. The van der Waals surface area contributed by atoms with Crippen LogP contribution in [0.3, 0.4) is 0 Å². The summed E-state index contributed by atoms with van der Waals surface area (Å²) in [5.41, 5.74) is 9.81. The van der Waals surface area contributed by atoms with Gasteiger partial charge in [-0.1, -0.05) is 133 Å². The predicted octanol–water partition coefficient (Wildman–Crippen LogP) is 12.4. The molecule has 0 saturated heterocycles. The third-order valence-electron chi connectivity index (χ3n) is 10.1. The van der Waals surface area contributed by atoms with Crippen molar-refractivity contribution in [1.29, 1.82) is 0 Å². The van der Waals surface area contributed by atoms with Gasteiger partial charge in [-0.25, -0.2) is 9.97 Å². The maximum atomic E-state index is 5.46. The predicted molar refractivity (Wildman–Crippen MR) is 214 cm³/mol. The highest BCUT2D eigenvalue weighted by Crippen LogP contribution is 2.47. The molecule has 0 aliphatic heterocycles. The highest BCUT2D eigenvalue weighted by Gasteiger charge is 2.24. The fraction of sp³-hybridized carbons (Fsp3) is 0. The van der Waals surface area contributed by atoms with Crippen LogP contribution in [-0.2, 0) is 0 Å². The third kappa shape index (κ3) is 4.19. The van der Waals surface area contributed by atoms with Crippen LogP contribution in [0.5, 0.6) is 0 Å². The Morgan fingerprint density at radius 2 is 1.06 bits per heavy atom. The molecule has 11 rings (SSSR count). The summed E-state index contributed by atoms with van der Waals surface area (Å²) in [5.74, 6) is 0.668. The second-order valence-electron chi connectivity index (χ2n) is 13.0. The van der Waals surface area contributed by atoms with E-state index in [0.29, 0.717) is 5.95 Å². The summed E-state index contributed by atoms with van der Waals surface area (Å²) in [6.07, 6.45) is 0. The first-order valence-electron chi connectivity index (χ1n) is 17.2. The summed E-state index contributed by atoms with van der Waals surface area (Å²) in [5, 5.41) is 7.20. The van der Waals surface area contributed by atoms with Crippen molar-refractivity contribution in [3.05, 3.63) is 170 Å². The highest BCUT2D eigenvalue weighted by molar-refractivity contribution is 7.26. The Hall–Kier alpha value is -6.56. The van der Waals surface area contributed by atoms with Crippen LogP contribution >= 0.6 is 11.3 Å². The van der Waals surface area contributed by atoms with Gasteiger partial charge in [-0.3, -0.25) is 4.57 Å². The molecule has 238 valence electrons. The van der Waals surface area contributed by atoms with Gasteiger partial charge in [0.2, 0.25) is 5.95 Å². The van der Waals surface area contributed by atoms with Crippen LogP contribution in [0.2, 0.25) is 0 Å². The van der Waals surface area contributed by atoms with Crippen molar-refractivity contribution in [3.63, 3.8) is 0 Å². The van der Waals surface area contributed by atoms with Gasteiger partial charge in [0.05, 0.1) is 32.5 Å². The number of thiophene rings is 1. The van der Waals surface area contributed by atoms with Crippen LogP contribution in [-0.4, -0.2) is 19.1 Å². The lowest BCUT2D eigenvalue weighted by atomic mass is 10.0. The molecule has 0 radical (unpaired) electrons. The molecule has 0 aliphatic carbocycles. The molecule has 4 nitrogen and oxygen atoms in total. The van der Waals surface area contributed by atoms with Gasteiger partial charge in [0.25, 0.3) is 0 Å². The number of para-hydroxylation sites is 3. The van der Waals surface area contributed by atoms with E-state index < -0.39 is 0 Å². The van der Waals surface area contributed by atoms with E-state index in [1.165, 1.54) is 47.5 Å². The Bertz CT molecular complexity index is 3120. The Morgan fingerprint density at radius 3 is 1.82 bits per heavy atom. The van der Waals surface area contributed by atoms with Gasteiger partial charge in [0, 0.05) is 43.6 Å². The minimum atomic E-state index is 0.668. The van der Waals surface area contributed by atoms with Crippen molar-refractivity contribution < 1.29 is 0 Å². The van der Waals surface area contributed by atoms with Crippen LogP contribution in [0, 0.1) is 0 Å². The average Bonchev–Trinajstić information content (AvgIpc) is 3.85. The van der Waals surface area contributed by atoms with Crippen molar-refractivity contribution in [1.82, 2.24) is 19.1 Å². The molecule has 0 amide bonds. The van der Waals surface area contributed by atoms with Crippen LogP contribution in [0.25, 0.3) is 97.9 Å². The second kappa shape index (κ2) is 11.0. The number of nitrogens with zero attached hydrogens (tertiary/aromatic N) is 4. The maximum Gasteiger partial charge on any atom is 0.235 e. The quantitative estimate of drug-likeness (QED) is 0.187. The largest absolute Gasteiger partial charge is 0.301 e. The number of rotatable bonds is 4. The first-order chi connectivity index (χ1) is 25.3. The summed E-state index contributed by atoms with van der Waals surface area (Å²) in [7, 11) is 0. The molecule has 0 N–H and O–H groups in total. The lowest BCUT2D eigenvalue weighted by Crippen LogP contribution is -2.03. The zero-order valence-electron chi connectivity index (χ0n) is 27.4. The van der Waals surface area contributed by atoms with E-state index in [-0.39, 0.29) is 0 Å². The normalized spacial score (nSPS) is 11.9. The molecule has 51 heavy (non-hydrogen) atoms. The zero-order chi connectivity index (χ0) is 33.5. The number of benzene rings is 7. The molecular weight excluding hydrogens is 641 g/mol. The van der Waals surface area contributed by atoms with Crippen LogP contribution in [0.1, 0.15) is 0 Å². The topological polar surface area (TPSA) is 35.6 Å². The molecule has 5 heteroatoms. The van der Waals surface area contributed by atoms with E-state index in [0.717, 1.165) is 44.4 Å². The second-order valence-corrected chi connectivity index (χ2v) is 14.0. The molecule has 7 aromatic carbocycles. The molecule has 0 aliphatic rings. The van der Waals surface area contributed by atoms with Crippen LogP contribution < -0.4 is 0 Å². The Balaban J connectivity index is 1.26. The third-order valence-corrected chi connectivity index (χ3v) is 11.3. The number of aromatic nitrogens is 4. The summed E-state index contributed by atoms with van der Waals surface area (Å²) in [4.78, 5) is 12.1.